The van der Waals surface area contributed by atoms with Crippen molar-refractivity contribution in [3.63, 3.8) is 0 Å². The Morgan fingerprint density at radius 1 is 0.600 bits per heavy atom. The first-order valence-corrected chi connectivity index (χ1v) is 13.3. The summed E-state index contributed by atoms with van der Waals surface area (Å²) in [6, 6.07) is 0. The molecule has 190 valence electrons. The average molecular weight is 431 g/mol. The van der Waals surface area contributed by atoms with Gasteiger partial charge in [0.2, 0.25) is 0 Å². The molecule has 0 aromatic heterocycles. The first kappa shape index (κ1) is 43.6. The van der Waals surface area contributed by atoms with E-state index >= 15 is 0 Å². The van der Waals surface area contributed by atoms with E-state index in [4.69, 9.17) is 0 Å². The van der Waals surface area contributed by atoms with Crippen molar-refractivity contribution < 1.29 is 0 Å². The lowest BCUT2D eigenvalue weighted by Crippen LogP contribution is -1.90. The fraction of sp³-hybridized carbons (Fsp3) is 0.933. The number of hydrogen-bond donors (Lipinski definition) is 0. The molecule has 0 spiro atoms. The first-order valence-electron chi connectivity index (χ1n) is 13.3. The van der Waals surface area contributed by atoms with Gasteiger partial charge in [-0.1, -0.05) is 167 Å². The van der Waals surface area contributed by atoms with Crippen LogP contribution in [0.5, 0.6) is 0 Å². The van der Waals surface area contributed by atoms with E-state index in [0.29, 0.717) is 0 Å². The summed E-state index contributed by atoms with van der Waals surface area (Å²) in [7, 11) is 0. The second-order valence-corrected chi connectivity index (χ2v) is 8.96. The molecule has 0 aliphatic rings. The van der Waals surface area contributed by atoms with Crippen molar-refractivity contribution in [3.05, 3.63) is 12.7 Å². The van der Waals surface area contributed by atoms with E-state index in [1.54, 1.807) is 6.08 Å². The van der Waals surface area contributed by atoms with E-state index in [-0.39, 0.29) is 7.43 Å². The van der Waals surface area contributed by atoms with Crippen molar-refractivity contribution >= 4 is 0 Å². The monoisotopic (exact) mass is 431 g/mol. The van der Waals surface area contributed by atoms with Crippen LogP contribution in [0.3, 0.4) is 0 Å². The van der Waals surface area contributed by atoms with Gasteiger partial charge in [-0.15, -0.1) is 6.58 Å². The third kappa shape index (κ3) is 80.1. The van der Waals surface area contributed by atoms with Gasteiger partial charge in [-0.05, 0) is 24.7 Å². The normalized spacial score (nSPS) is 10.8. The Morgan fingerprint density at radius 3 is 1.17 bits per heavy atom. The maximum absolute atomic E-state index is 3.36. The Kier molecular flexibility index (Phi) is 68.0. The molecule has 0 amide bonds. The summed E-state index contributed by atoms with van der Waals surface area (Å²) in [5.74, 6) is 2.81. The molecule has 0 bridgehead atoms. The molecule has 0 aliphatic heterocycles. The standard InChI is InChI=1S/C9H20.2C7H16.C3H8.C3H6.CH4/c1-4-6-7-8-9(3)5-2;1-4-5-6-7(2)3;1-4-6-7(3)5-2;2*1-3-2;/h9H,4-8H2,1-3H3;2*7H,4-6H2,1-3H3;3H2,1-2H3;3H,1H2,2H3;1H4. The highest BCUT2D eigenvalue weighted by Gasteiger charge is 1.96. The van der Waals surface area contributed by atoms with Crippen LogP contribution in [0, 0.1) is 17.8 Å². The van der Waals surface area contributed by atoms with E-state index in [2.05, 4.69) is 82.7 Å². The molecule has 0 nitrogen and oxygen atoms in total. The minimum absolute atomic E-state index is 0. The van der Waals surface area contributed by atoms with E-state index in [9.17, 15) is 0 Å². The van der Waals surface area contributed by atoms with E-state index in [1.165, 1.54) is 77.0 Å². The van der Waals surface area contributed by atoms with E-state index in [0.717, 1.165) is 17.8 Å². The summed E-state index contributed by atoms with van der Waals surface area (Å²) in [6.07, 6.45) is 18.2. The summed E-state index contributed by atoms with van der Waals surface area (Å²) in [5, 5.41) is 0. The van der Waals surface area contributed by atoms with Gasteiger partial charge in [0.15, 0.2) is 0 Å². The van der Waals surface area contributed by atoms with Gasteiger partial charge in [-0.2, -0.15) is 0 Å². The van der Waals surface area contributed by atoms with Gasteiger partial charge in [0, 0.05) is 0 Å². The molecule has 30 heavy (non-hydrogen) atoms. The predicted molar refractivity (Wildman–Crippen MR) is 151 cm³/mol. The second kappa shape index (κ2) is 46.8. The molecule has 0 saturated heterocycles. The fourth-order valence-electron chi connectivity index (χ4n) is 2.26. The van der Waals surface area contributed by atoms with Gasteiger partial charge in [0.25, 0.3) is 0 Å². The van der Waals surface area contributed by atoms with Gasteiger partial charge in [-0.3, -0.25) is 0 Å². The van der Waals surface area contributed by atoms with Crippen LogP contribution in [-0.2, 0) is 0 Å². The van der Waals surface area contributed by atoms with Crippen molar-refractivity contribution in [2.24, 2.45) is 17.8 Å². The molecule has 0 N–H and O–H groups in total. The molecule has 0 fully saturated rings. The molecule has 0 aromatic rings. The number of rotatable bonds is 11. The maximum atomic E-state index is 3.36. The molecular formula is C30H70. The number of allylic oxidation sites excluding steroid dienone is 1. The highest BCUT2D eigenvalue weighted by Crippen LogP contribution is 2.11. The summed E-state index contributed by atoms with van der Waals surface area (Å²) in [6.45, 7) is 30.0. The molecule has 0 rings (SSSR count). The highest BCUT2D eigenvalue weighted by atomic mass is 14.0. The van der Waals surface area contributed by atoms with Crippen LogP contribution < -0.4 is 0 Å². The second-order valence-electron chi connectivity index (χ2n) is 8.96. The van der Waals surface area contributed by atoms with Crippen LogP contribution in [0.2, 0.25) is 0 Å². The van der Waals surface area contributed by atoms with Crippen LogP contribution in [0.15, 0.2) is 12.7 Å². The first-order chi connectivity index (χ1) is 13.7. The fourth-order valence-corrected chi connectivity index (χ4v) is 2.26. The molecule has 0 saturated carbocycles. The smallest absolute Gasteiger partial charge is 0.0445 e. The van der Waals surface area contributed by atoms with Gasteiger partial charge in [-0.25, -0.2) is 0 Å². The van der Waals surface area contributed by atoms with Crippen LogP contribution in [-0.4, -0.2) is 0 Å². The van der Waals surface area contributed by atoms with Gasteiger partial charge in [0.1, 0.15) is 0 Å². The van der Waals surface area contributed by atoms with Crippen LogP contribution in [0.25, 0.3) is 0 Å². The van der Waals surface area contributed by atoms with Crippen molar-refractivity contribution in [2.45, 2.75) is 168 Å². The lowest BCUT2D eigenvalue weighted by Gasteiger charge is -2.05. The molecule has 0 radical (unpaired) electrons. The van der Waals surface area contributed by atoms with Crippen molar-refractivity contribution in [2.75, 3.05) is 0 Å². The lowest BCUT2D eigenvalue weighted by molar-refractivity contribution is 0.482. The predicted octanol–water partition coefficient (Wildman–Crippen LogP) is 12.5. The maximum Gasteiger partial charge on any atom is -0.0445 e. The van der Waals surface area contributed by atoms with E-state index < -0.39 is 0 Å². The number of hydrogen-bond acceptors (Lipinski definition) is 0. The summed E-state index contributed by atoms with van der Waals surface area (Å²) < 4.78 is 0. The van der Waals surface area contributed by atoms with Crippen LogP contribution in [0.4, 0.5) is 0 Å². The number of unbranched alkanes of at least 4 members (excludes halogenated alkanes) is 3. The SMILES string of the molecule is C.C=CC.CCC.CCCC(C)CC.CCCCC(C)C.CCCCCC(C)CC. The summed E-state index contributed by atoms with van der Waals surface area (Å²) in [5.41, 5.74) is 0. The van der Waals surface area contributed by atoms with Crippen molar-refractivity contribution in [1.29, 1.82) is 0 Å². The Morgan fingerprint density at radius 2 is 0.967 bits per heavy atom. The molecule has 2 atom stereocenters. The quantitative estimate of drug-likeness (QED) is 0.226. The Hall–Kier alpha value is -0.260. The Labute approximate surface area is 198 Å². The molecule has 2 unspecified atom stereocenters. The molecule has 0 heteroatoms. The van der Waals surface area contributed by atoms with Gasteiger partial charge in [0.05, 0.1) is 0 Å². The van der Waals surface area contributed by atoms with Crippen molar-refractivity contribution in [3.8, 4) is 0 Å². The minimum atomic E-state index is 0. The van der Waals surface area contributed by atoms with Gasteiger partial charge < -0.3 is 0 Å². The topological polar surface area (TPSA) is 0 Å². The third-order valence-corrected chi connectivity index (χ3v) is 4.61. The molecule has 0 aliphatic carbocycles. The van der Waals surface area contributed by atoms with Crippen LogP contribution >= 0.6 is 0 Å². The lowest BCUT2D eigenvalue weighted by atomic mass is 10.0. The third-order valence-electron chi connectivity index (χ3n) is 4.61. The molecule has 0 aromatic carbocycles. The summed E-state index contributed by atoms with van der Waals surface area (Å²) >= 11 is 0. The average Bonchev–Trinajstić information content (AvgIpc) is 2.68. The Bertz CT molecular complexity index is 216. The van der Waals surface area contributed by atoms with E-state index in [1.807, 2.05) is 6.92 Å². The van der Waals surface area contributed by atoms with Crippen LogP contribution in [0.1, 0.15) is 168 Å². The van der Waals surface area contributed by atoms with Gasteiger partial charge >= 0.3 is 0 Å². The highest BCUT2D eigenvalue weighted by molar-refractivity contribution is 4.51. The molecule has 0 heterocycles. The van der Waals surface area contributed by atoms with Crippen molar-refractivity contribution in [1.82, 2.24) is 0 Å². The largest absolute Gasteiger partial charge is 0.103 e. The zero-order valence-electron chi connectivity index (χ0n) is 23.5. The molecular weight excluding hydrogens is 360 g/mol. The zero-order chi connectivity index (χ0) is 23.9. The summed E-state index contributed by atoms with van der Waals surface area (Å²) in [4.78, 5) is 0. The Balaban J connectivity index is -0.0000000631. The minimum Gasteiger partial charge on any atom is -0.103 e. The zero-order valence-corrected chi connectivity index (χ0v) is 23.5.